The highest BCUT2D eigenvalue weighted by atomic mass is 35.5. The molecule has 0 saturated carbocycles. The molecular formula is C12H13ClN4O. The summed E-state index contributed by atoms with van der Waals surface area (Å²) in [4.78, 5) is 12.0. The maximum Gasteiger partial charge on any atom is 0.276 e. The van der Waals surface area contributed by atoms with E-state index < -0.39 is 0 Å². The van der Waals surface area contributed by atoms with Gasteiger partial charge in [-0.1, -0.05) is 11.6 Å². The van der Waals surface area contributed by atoms with Gasteiger partial charge in [0.25, 0.3) is 5.91 Å². The largest absolute Gasteiger partial charge is 0.397 e. The van der Waals surface area contributed by atoms with Crippen LogP contribution >= 0.6 is 11.6 Å². The van der Waals surface area contributed by atoms with E-state index in [2.05, 4.69) is 10.4 Å². The van der Waals surface area contributed by atoms with Crippen molar-refractivity contribution in [3.63, 3.8) is 0 Å². The van der Waals surface area contributed by atoms with Gasteiger partial charge in [-0.05, 0) is 31.2 Å². The van der Waals surface area contributed by atoms with Crippen LogP contribution < -0.4 is 11.1 Å². The summed E-state index contributed by atoms with van der Waals surface area (Å²) in [5.41, 5.74) is 7.94. The highest BCUT2D eigenvalue weighted by Gasteiger charge is 2.12. The highest BCUT2D eigenvalue weighted by molar-refractivity contribution is 6.31. The predicted octanol–water partition coefficient (Wildman–Crippen LogP) is 2.22. The Morgan fingerprint density at radius 1 is 1.44 bits per heavy atom. The molecule has 0 aliphatic heterocycles. The van der Waals surface area contributed by atoms with Gasteiger partial charge in [0.05, 0.1) is 11.4 Å². The fourth-order valence-corrected chi connectivity index (χ4v) is 1.67. The average molecular weight is 265 g/mol. The number of aromatic nitrogens is 2. The predicted molar refractivity (Wildman–Crippen MR) is 71.8 cm³/mol. The standard InChI is InChI=1S/C12H13ClN4O/c1-7-5-11(16-17(7)2)12(18)15-10-6-8(13)3-4-9(10)14/h3-6H,14H2,1-2H3,(H,15,18). The van der Waals surface area contributed by atoms with Crippen molar-refractivity contribution >= 4 is 28.9 Å². The first-order valence-corrected chi connectivity index (χ1v) is 5.72. The van der Waals surface area contributed by atoms with Gasteiger partial charge in [-0.15, -0.1) is 0 Å². The number of benzene rings is 1. The molecule has 1 aromatic heterocycles. The van der Waals surface area contributed by atoms with Crippen molar-refractivity contribution in [3.8, 4) is 0 Å². The van der Waals surface area contributed by atoms with E-state index >= 15 is 0 Å². The smallest absolute Gasteiger partial charge is 0.276 e. The molecule has 0 unspecified atom stereocenters. The lowest BCUT2D eigenvalue weighted by Gasteiger charge is -2.06. The molecular weight excluding hydrogens is 252 g/mol. The number of nitrogens with one attached hydrogen (secondary N) is 1. The van der Waals surface area contributed by atoms with Gasteiger partial charge in [-0.3, -0.25) is 9.48 Å². The van der Waals surface area contributed by atoms with Crippen molar-refractivity contribution in [3.05, 3.63) is 40.7 Å². The number of rotatable bonds is 2. The molecule has 0 bridgehead atoms. The first-order valence-electron chi connectivity index (χ1n) is 5.34. The fourth-order valence-electron chi connectivity index (χ4n) is 1.49. The summed E-state index contributed by atoms with van der Waals surface area (Å²) >= 11 is 5.85. The van der Waals surface area contributed by atoms with Gasteiger partial charge >= 0.3 is 0 Å². The van der Waals surface area contributed by atoms with E-state index in [0.29, 0.717) is 22.1 Å². The molecule has 2 rings (SSSR count). The van der Waals surface area contributed by atoms with Crippen LogP contribution in [-0.4, -0.2) is 15.7 Å². The second kappa shape index (κ2) is 4.70. The molecule has 94 valence electrons. The van der Waals surface area contributed by atoms with E-state index in [4.69, 9.17) is 17.3 Å². The zero-order valence-corrected chi connectivity index (χ0v) is 10.8. The summed E-state index contributed by atoms with van der Waals surface area (Å²) in [6.45, 7) is 1.87. The first kappa shape index (κ1) is 12.4. The van der Waals surface area contributed by atoms with Gasteiger partial charge in [0.1, 0.15) is 0 Å². The maximum atomic E-state index is 12.0. The molecule has 1 amide bonds. The summed E-state index contributed by atoms with van der Waals surface area (Å²) in [5, 5.41) is 7.28. The molecule has 5 nitrogen and oxygen atoms in total. The SMILES string of the molecule is Cc1cc(C(=O)Nc2cc(Cl)ccc2N)nn1C. The Morgan fingerprint density at radius 3 is 2.78 bits per heavy atom. The second-order valence-electron chi connectivity index (χ2n) is 3.98. The van der Waals surface area contributed by atoms with Crippen LogP contribution in [-0.2, 0) is 7.05 Å². The normalized spacial score (nSPS) is 10.4. The lowest BCUT2D eigenvalue weighted by molar-refractivity contribution is 0.102. The average Bonchev–Trinajstić information content (AvgIpc) is 2.64. The Hall–Kier alpha value is -2.01. The summed E-state index contributed by atoms with van der Waals surface area (Å²) in [7, 11) is 1.78. The van der Waals surface area contributed by atoms with E-state index in [9.17, 15) is 4.79 Å². The molecule has 0 spiro atoms. The van der Waals surface area contributed by atoms with Crippen LogP contribution in [0.2, 0.25) is 5.02 Å². The second-order valence-corrected chi connectivity index (χ2v) is 4.42. The number of aryl methyl sites for hydroxylation is 2. The van der Waals surface area contributed by atoms with E-state index in [0.717, 1.165) is 5.69 Å². The lowest BCUT2D eigenvalue weighted by Crippen LogP contribution is -2.14. The van der Waals surface area contributed by atoms with Gasteiger partial charge in [-0.2, -0.15) is 5.10 Å². The topological polar surface area (TPSA) is 72.9 Å². The minimum atomic E-state index is -0.312. The Balaban J connectivity index is 2.23. The van der Waals surface area contributed by atoms with Crippen LogP contribution in [0, 0.1) is 6.92 Å². The molecule has 2 aromatic rings. The number of halogens is 1. The van der Waals surface area contributed by atoms with Gasteiger partial charge in [0.2, 0.25) is 0 Å². The summed E-state index contributed by atoms with van der Waals surface area (Å²) in [6, 6.07) is 6.61. The van der Waals surface area contributed by atoms with Crippen LogP contribution in [0.1, 0.15) is 16.2 Å². The zero-order chi connectivity index (χ0) is 13.3. The number of anilines is 2. The van der Waals surface area contributed by atoms with Crippen molar-refractivity contribution in [2.75, 3.05) is 11.1 Å². The number of carbonyl (C=O) groups is 1. The van der Waals surface area contributed by atoms with E-state index in [1.54, 1.807) is 36.0 Å². The van der Waals surface area contributed by atoms with Crippen molar-refractivity contribution < 1.29 is 4.79 Å². The number of nitrogens with two attached hydrogens (primary N) is 1. The molecule has 18 heavy (non-hydrogen) atoms. The molecule has 0 aliphatic rings. The van der Waals surface area contributed by atoms with Gasteiger partial charge < -0.3 is 11.1 Å². The van der Waals surface area contributed by atoms with Crippen molar-refractivity contribution in [2.24, 2.45) is 7.05 Å². The van der Waals surface area contributed by atoms with Crippen LogP contribution in [0.15, 0.2) is 24.3 Å². The van der Waals surface area contributed by atoms with Gasteiger partial charge in [0.15, 0.2) is 5.69 Å². The van der Waals surface area contributed by atoms with Crippen LogP contribution in [0.4, 0.5) is 11.4 Å². The Kier molecular flexibility index (Phi) is 3.25. The fraction of sp³-hybridized carbons (Fsp3) is 0.167. The van der Waals surface area contributed by atoms with Gasteiger partial charge in [0, 0.05) is 17.8 Å². The number of nitrogen functional groups attached to an aromatic ring is 1. The number of amides is 1. The first-order chi connectivity index (χ1) is 8.47. The number of hydrogen-bond acceptors (Lipinski definition) is 3. The minimum Gasteiger partial charge on any atom is -0.397 e. The Labute approximate surface area is 110 Å². The molecule has 0 saturated heterocycles. The molecule has 0 atom stereocenters. The molecule has 1 heterocycles. The van der Waals surface area contributed by atoms with E-state index in [-0.39, 0.29) is 5.91 Å². The molecule has 6 heteroatoms. The molecule has 3 N–H and O–H groups in total. The minimum absolute atomic E-state index is 0.312. The number of hydrogen-bond donors (Lipinski definition) is 2. The Morgan fingerprint density at radius 2 is 2.17 bits per heavy atom. The third-order valence-corrected chi connectivity index (χ3v) is 2.85. The Bertz CT molecular complexity index is 587. The van der Waals surface area contributed by atoms with Crippen molar-refractivity contribution in [2.45, 2.75) is 6.92 Å². The van der Waals surface area contributed by atoms with Crippen LogP contribution in [0.5, 0.6) is 0 Å². The summed E-state index contributed by atoms with van der Waals surface area (Å²) in [5.74, 6) is -0.312. The van der Waals surface area contributed by atoms with E-state index in [1.807, 2.05) is 6.92 Å². The third kappa shape index (κ3) is 2.46. The number of carbonyl (C=O) groups excluding carboxylic acids is 1. The van der Waals surface area contributed by atoms with Crippen LogP contribution in [0.25, 0.3) is 0 Å². The third-order valence-electron chi connectivity index (χ3n) is 2.61. The molecule has 0 aliphatic carbocycles. The maximum absolute atomic E-state index is 12.0. The number of nitrogens with zero attached hydrogens (tertiary/aromatic N) is 2. The zero-order valence-electron chi connectivity index (χ0n) is 10.1. The monoisotopic (exact) mass is 264 g/mol. The lowest BCUT2D eigenvalue weighted by atomic mass is 10.2. The van der Waals surface area contributed by atoms with Gasteiger partial charge in [-0.25, -0.2) is 0 Å². The van der Waals surface area contributed by atoms with Crippen molar-refractivity contribution in [1.82, 2.24) is 9.78 Å². The van der Waals surface area contributed by atoms with Crippen LogP contribution in [0.3, 0.4) is 0 Å². The van der Waals surface area contributed by atoms with E-state index in [1.165, 1.54) is 0 Å². The highest BCUT2D eigenvalue weighted by Crippen LogP contribution is 2.23. The molecule has 0 fully saturated rings. The molecule has 1 aromatic carbocycles. The molecule has 0 radical (unpaired) electrons. The summed E-state index contributed by atoms with van der Waals surface area (Å²) in [6.07, 6.45) is 0. The van der Waals surface area contributed by atoms with Crippen molar-refractivity contribution in [1.29, 1.82) is 0 Å². The quantitative estimate of drug-likeness (QED) is 0.817. The summed E-state index contributed by atoms with van der Waals surface area (Å²) < 4.78 is 1.64.